The van der Waals surface area contributed by atoms with Crippen molar-refractivity contribution in [2.24, 2.45) is 0 Å². The predicted molar refractivity (Wildman–Crippen MR) is 103 cm³/mol. The highest BCUT2D eigenvalue weighted by atomic mass is 15.2. The van der Waals surface area contributed by atoms with E-state index in [1.54, 1.807) is 0 Å². The average molecular weight is 331 g/mol. The molecular weight excluding hydrogens is 310 g/mol. The number of hydrogen-bond donors (Lipinski definition) is 2. The van der Waals surface area contributed by atoms with Gasteiger partial charge in [0.25, 0.3) is 0 Å². The minimum absolute atomic E-state index is 0.919. The zero-order chi connectivity index (χ0) is 16.8. The molecule has 126 valence electrons. The number of likely N-dealkylation sites (N-methyl/N-ethyl adjacent to an activating group) is 1. The normalized spacial score (nSPS) is 16.1. The third-order valence-corrected chi connectivity index (χ3v) is 5.18. The monoisotopic (exact) mass is 331 g/mol. The first-order valence-electron chi connectivity index (χ1n) is 8.78. The molecular formula is C20H21N5. The van der Waals surface area contributed by atoms with Crippen molar-refractivity contribution in [3.8, 4) is 11.4 Å². The molecule has 0 amide bonds. The van der Waals surface area contributed by atoms with Crippen LogP contribution in [0.1, 0.15) is 0 Å². The molecule has 0 bridgehead atoms. The van der Waals surface area contributed by atoms with E-state index < -0.39 is 0 Å². The van der Waals surface area contributed by atoms with Crippen LogP contribution in [0.2, 0.25) is 0 Å². The topological polar surface area (TPSA) is 50.9 Å². The second kappa shape index (κ2) is 5.63. The van der Waals surface area contributed by atoms with Gasteiger partial charge in [0.2, 0.25) is 0 Å². The highest BCUT2D eigenvalue weighted by molar-refractivity contribution is 5.95. The van der Waals surface area contributed by atoms with Crippen LogP contribution in [0.15, 0.2) is 48.7 Å². The molecule has 0 spiro atoms. The van der Waals surface area contributed by atoms with Crippen LogP contribution in [0.4, 0.5) is 5.69 Å². The number of fused-ring (bicyclic) bond motifs is 2. The molecule has 0 aliphatic carbocycles. The molecule has 3 heterocycles. The molecule has 2 N–H and O–H groups in total. The molecule has 0 radical (unpaired) electrons. The van der Waals surface area contributed by atoms with Crippen molar-refractivity contribution in [1.82, 2.24) is 19.9 Å². The van der Waals surface area contributed by atoms with Crippen LogP contribution in [0.3, 0.4) is 0 Å². The number of hydrogen-bond acceptors (Lipinski definition) is 3. The highest BCUT2D eigenvalue weighted by Crippen LogP contribution is 2.29. The summed E-state index contributed by atoms with van der Waals surface area (Å²) in [6.07, 6.45) is 2.03. The predicted octanol–water partition coefficient (Wildman–Crippen LogP) is 3.46. The molecule has 2 aromatic carbocycles. The Kier molecular flexibility index (Phi) is 3.28. The molecule has 1 fully saturated rings. The maximum atomic E-state index is 4.80. The van der Waals surface area contributed by atoms with Gasteiger partial charge in [0.05, 0.1) is 11.0 Å². The van der Waals surface area contributed by atoms with E-state index in [2.05, 4.69) is 63.2 Å². The van der Waals surface area contributed by atoms with Gasteiger partial charge in [-0.2, -0.15) is 0 Å². The van der Waals surface area contributed by atoms with E-state index >= 15 is 0 Å². The third-order valence-electron chi connectivity index (χ3n) is 5.18. The van der Waals surface area contributed by atoms with Gasteiger partial charge in [0.15, 0.2) is 0 Å². The van der Waals surface area contributed by atoms with Crippen molar-refractivity contribution < 1.29 is 0 Å². The Hall–Kier alpha value is -2.79. The number of anilines is 1. The van der Waals surface area contributed by atoms with E-state index in [4.69, 9.17) is 4.98 Å². The summed E-state index contributed by atoms with van der Waals surface area (Å²) < 4.78 is 0. The van der Waals surface area contributed by atoms with Crippen molar-refractivity contribution in [2.75, 3.05) is 38.1 Å². The summed E-state index contributed by atoms with van der Waals surface area (Å²) in [6.45, 7) is 4.38. The third kappa shape index (κ3) is 2.48. The number of nitrogens with zero attached hydrogens (tertiary/aromatic N) is 3. The molecule has 5 heteroatoms. The molecule has 0 unspecified atom stereocenters. The number of nitrogens with one attached hydrogen (secondary N) is 2. The van der Waals surface area contributed by atoms with Gasteiger partial charge >= 0.3 is 0 Å². The van der Waals surface area contributed by atoms with Crippen LogP contribution >= 0.6 is 0 Å². The van der Waals surface area contributed by atoms with Crippen LogP contribution in [0, 0.1) is 0 Å². The molecule has 1 saturated heterocycles. The second-order valence-electron chi connectivity index (χ2n) is 6.83. The number of H-pyrrole nitrogens is 2. The zero-order valence-corrected chi connectivity index (χ0v) is 14.3. The van der Waals surface area contributed by atoms with Gasteiger partial charge in [-0.25, -0.2) is 4.98 Å². The van der Waals surface area contributed by atoms with Crippen LogP contribution in [0.5, 0.6) is 0 Å². The van der Waals surface area contributed by atoms with Gasteiger partial charge in [-0.3, -0.25) is 0 Å². The minimum Gasteiger partial charge on any atom is -0.369 e. The van der Waals surface area contributed by atoms with E-state index in [0.29, 0.717) is 0 Å². The molecule has 1 aliphatic heterocycles. The summed E-state index contributed by atoms with van der Waals surface area (Å²) in [4.78, 5) is 16.5. The van der Waals surface area contributed by atoms with Crippen LogP contribution in [0.25, 0.3) is 33.3 Å². The molecule has 1 aliphatic rings. The number of aromatic amines is 2. The van der Waals surface area contributed by atoms with Crippen molar-refractivity contribution >= 4 is 27.6 Å². The van der Waals surface area contributed by atoms with E-state index in [0.717, 1.165) is 54.1 Å². The first kappa shape index (κ1) is 14.5. The lowest BCUT2D eigenvalue weighted by molar-refractivity contribution is 0.313. The largest absolute Gasteiger partial charge is 0.369 e. The fraction of sp³-hybridized carbons (Fsp3) is 0.250. The Morgan fingerprint density at radius 1 is 0.960 bits per heavy atom. The van der Waals surface area contributed by atoms with Crippen molar-refractivity contribution in [2.45, 2.75) is 0 Å². The molecule has 5 nitrogen and oxygen atoms in total. The van der Waals surface area contributed by atoms with E-state index in [1.807, 2.05) is 12.3 Å². The Morgan fingerprint density at radius 2 is 1.80 bits per heavy atom. The zero-order valence-electron chi connectivity index (χ0n) is 14.3. The van der Waals surface area contributed by atoms with Gasteiger partial charge < -0.3 is 19.8 Å². The maximum Gasteiger partial charge on any atom is 0.140 e. The van der Waals surface area contributed by atoms with Crippen molar-refractivity contribution in [3.63, 3.8) is 0 Å². The van der Waals surface area contributed by atoms with E-state index in [-0.39, 0.29) is 0 Å². The number of imidazole rings is 1. The maximum absolute atomic E-state index is 4.80. The number of piperazine rings is 1. The first-order valence-corrected chi connectivity index (χ1v) is 8.78. The fourth-order valence-electron chi connectivity index (χ4n) is 3.65. The molecule has 0 saturated carbocycles. The Morgan fingerprint density at radius 3 is 2.68 bits per heavy atom. The molecule has 0 atom stereocenters. The van der Waals surface area contributed by atoms with Crippen LogP contribution < -0.4 is 4.90 Å². The molecule has 5 rings (SSSR count). The standard InChI is InChI=1S/C20H21N5/c1-24-8-10-25(11-9-24)14-6-7-18-19(12-14)23-20(22-18)16-13-21-17-5-3-2-4-15(16)17/h2-7,12-13,21H,8-11H2,1H3,(H,22,23). The summed E-state index contributed by atoms with van der Waals surface area (Å²) in [6, 6.07) is 14.9. The van der Waals surface area contributed by atoms with Gasteiger partial charge in [-0.05, 0) is 31.3 Å². The fourth-order valence-corrected chi connectivity index (χ4v) is 3.65. The molecule has 25 heavy (non-hydrogen) atoms. The van der Waals surface area contributed by atoms with Gasteiger partial charge in [-0.1, -0.05) is 18.2 Å². The van der Waals surface area contributed by atoms with Crippen molar-refractivity contribution in [3.05, 3.63) is 48.7 Å². The summed E-state index contributed by atoms with van der Waals surface area (Å²) in [5.74, 6) is 0.919. The van der Waals surface area contributed by atoms with Gasteiger partial charge in [0, 0.05) is 54.5 Å². The summed E-state index contributed by atoms with van der Waals surface area (Å²) in [7, 11) is 2.18. The van der Waals surface area contributed by atoms with Gasteiger partial charge in [-0.15, -0.1) is 0 Å². The highest BCUT2D eigenvalue weighted by Gasteiger charge is 2.16. The SMILES string of the molecule is CN1CCN(c2ccc3nc(-c4c[nH]c5ccccc45)[nH]c3c2)CC1. The Balaban J connectivity index is 1.53. The number of rotatable bonds is 2. The first-order chi connectivity index (χ1) is 12.3. The van der Waals surface area contributed by atoms with Crippen molar-refractivity contribution in [1.29, 1.82) is 0 Å². The lowest BCUT2D eigenvalue weighted by atomic mass is 10.2. The summed E-state index contributed by atoms with van der Waals surface area (Å²) >= 11 is 0. The van der Waals surface area contributed by atoms with Gasteiger partial charge in [0.1, 0.15) is 5.82 Å². The average Bonchev–Trinajstić information content (AvgIpc) is 3.25. The lowest BCUT2D eigenvalue weighted by Gasteiger charge is -2.34. The van der Waals surface area contributed by atoms with E-state index in [1.165, 1.54) is 11.1 Å². The second-order valence-corrected chi connectivity index (χ2v) is 6.83. The quantitative estimate of drug-likeness (QED) is 0.591. The molecule has 2 aromatic heterocycles. The van der Waals surface area contributed by atoms with Crippen LogP contribution in [-0.2, 0) is 0 Å². The number of aromatic nitrogens is 3. The smallest absolute Gasteiger partial charge is 0.140 e. The van der Waals surface area contributed by atoms with E-state index in [9.17, 15) is 0 Å². The minimum atomic E-state index is 0.919. The number of benzene rings is 2. The summed E-state index contributed by atoms with van der Waals surface area (Å²) in [5, 5.41) is 1.20. The van der Waals surface area contributed by atoms with Crippen LogP contribution in [-0.4, -0.2) is 53.1 Å². The lowest BCUT2D eigenvalue weighted by Crippen LogP contribution is -2.44. The summed E-state index contributed by atoms with van der Waals surface area (Å²) in [5.41, 5.74) is 5.63. The Labute approximate surface area is 146 Å². The Bertz CT molecular complexity index is 1040. The molecule has 4 aromatic rings. The number of para-hydroxylation sites is 1.